The van der Waals surface area contributed by atoms with Gasteiger partial charge in [-0.3, -0.25) is 9.36 Å². The van der Waals surface area contributed by atoms with Gasteiger partial charge in [-0.2, -0.15) is 0 Å². The van der Waals surface area contributed by atoms with Crippen LogP contribution < -0.4 is 14.9 Å². The fourth-order valence-corrected chi connectivity index (χ4v) is 6.19. The van der Waals surface area contributed by atoms with Crippen LogP contribution in [0.4, 0.5) is 0 Å². The van der Waals surface area contributed by atoms with E-state index in [4.69, 9.17) is 4.74 Å². The number of rotatable bonds is 5. The average molecular weight is 518 g/mol. The number of aromatic nitrogens is 2. The second kappa shape index (κ2) is 9.59. The minimum absolute atomic E-state index is 0.167. The van der Waals surface area contributed by atoms with Gasteiger partial charge in [-0.25, -0.2) is 9.79 Å². The van der Waals surface area contributed by atoms with Gasteiger partial charge in [-0.1, -0.05) is 41.7 Å². The van der Waals surface area contributed by atoms with Crippen molar-refractivity contribution in [2.75, 3.05) is 12.9 Å². The largest absolute Gasteiger partial charge is 0.463 e. The third-order valence-electron chi connectivity index (χ3n) is 6.67. The van der Waals surface area contributed by atoms with Crippen LogP contribution in [0.15, 0.2) is 74.5 Å². The molecule has 2 aromatic heterocycles. The van der Waals surface area contributed by atoms with Crippen LogP contribution >= 0.6 is 23.1 Å². The first-order valence-corrected chi connectivity index (χ1v) is 13.8. The summed E-state index contributed by atoms with van der Waals surface area (Å²) in [7, 11) is 2.03. The topological polar surface area (TPSA) is 65.6 Å². The highest BCUT2D eigenvalue weighted by Crippen LogP contribution is 2.32. The molecule has 0 saturated carbocycles. The number of nitrogens with zero attached hydrogens (tertiary/aromatic N) is 3. The lowest BCUT2D eigenvalue weighted by Gasteiger charge is -2.24. The third kappa shape index (κ3) is 3.94. The first-order chi connectivity index (χ1) is 17.3. The lowest BCUT2D eigenvalue weighted by Crippen LogP contribution is -2.39. The SMILES string of the molecule is CCOC(=O)C1=C(C)N=c2s/c(=C\c3c(C)n(C)c4ccccc34)c(=O)n2[C@@H]1c1ccc(SC)cc1. The zero-order chi connectivity index (χ0) is 25.6. The van der Waals surface area contributed by atoms with E-state index >= 15 is 0 Å². The maximum absolute atomic E-state index is 13.9. The molecule has 3 heterocycles. The van der Waals surface area contributed by atoms with E-state index in [0.717, 1.165) is 32.6 Å². The molecule has 0 amide bonds. The monoisotopic (exact) mass is 517 g/mol. The summed E-state index contributed by atoms with van der Waals surface area (Å²) in [4.78, 5) is 33.3. The number of thioether (sulfide) groups is 1. The van der Waals surface area contributed by atoms with Crippen LogP contribution in [0.2, 0.25) is 0 Å². The lowest BCUT2D eigenvalue weighted by molar-refractivity contribution is -0.139. The highest BCUT2D eigenvalue weighted by molar-refractivity contribution is 7.98. The van der Waals surface area contributed by atoms with Crippen molar-refractivity contribution in [2.45, 2.75) is 31.7 Å². The van der Waals surface area contributed by atoms with Crippen molar-refractivity contribution < 1.29 is 9.53 Å². The van der Waals surface area contributed by atoms with Crippen LogP contribution in [-0.2, 0) is 16.6 Å². The molecule has 0 N–H and O–H groups in total. The number of hydrogen-bond donors (Lipinski definition) is 0. The lowest BCUT2D eigenvalue weighted by atomic mass is 9.96. The molecule has 8 heteroatoms. The second-order valence-corrected chi connectivity index (χ2v) is 10.5. The first kappa shape index (κ1) is 24.3. The molecule has 36 heavy (non-hydrogen) atoms. The molecule has 184 valence electrons. The Morgan fingerprint density at radius 3 is 2.58 bits per heavy atom. The van der Waals surface area contributed by atoms with E-state index in [1.54, 1.807) is 30.2 Å². The van der Waals surface area contributed by atoms with E-state index in [1.807, 2.05) is 55.8 Å². The molecule has 0 fully saturated rings. The zero-order valence-electron chi connectivity index (χ0n) is 20.9. The Kier molecular flexibility index (Phi) is 6.49. The molecular weight excluding hydrogens is 490 g/mol. The summed E-state index contributed by atoms with van der Waals surface area (Å²) < 4.78 is 9.75. The van der Waals surface area contributed by atoms with Crippen LogP contribution in [0, 0.1) is 6.92 Å². The molecule has 1 atom stereocenters. The van der Waals surface area contributed by atoms with Gasteiger partial charge in [-0.15, -0.1) is 11.8 Å². The number of allylic oxidation sites excluding steroid dienone is 1. The van der Waals surface area contributed by atoms with Crippen LogP contribution in [-0.4, -0.2) is 28.0 Å². The number of aryl methyl sites for hydroxylation is 1. The van der Waals surface area contributed by atoms with Crippen molar-refractivity contribution in [1.82, 2.24) is 9.13 Å². The molecule has 1 aliphatic heterocycles. The normalized spacial score (nSPS) is 15.8. The molecular formula is C28H27N3O3S2. The fraction of sp³-hybridized carbons (Fsp3) is 0.250. The summed E-state index contributed by atoms with van der Waals surface area (Å²) in [5.41, 5.74) is 4.85. The average Bonchev–Trinajstić information content (AvgIpc) is 3.32. The Bertz CT molecular complexity index is 1710. The van der Waals surface area contributed by atoms with Gasteiger partial charge < -0.3 is 9.30 Å². The Balaban J connectivity index is 1.76. The molecule has 5 rings (SSSR count). The molecule has 0 unspecified atom stereocenters. The van der Waals surface area contributed by atoms with Crippen molar-refractivity contribution in [3.63, 3.8) is 0 Å². The Labute approximate surface area is 217 Å². The number of thiazole rings is 1. The highest BCUT2D eigenvalue weighted by atomic mass is 32.2. The second-order valence-electron chi connectivity index (χ2n) is 8.65. The van der Waals surface area contributed by atoms with Gasteiger partial charge in [0.15, 0.2) is 4.80 Å². The fourth-order valence-electron chi connectivity index (χ4n) is 4.76. The quantitative estimate of drug-likeness (QED) is 0.292. The van der Waals surface area contributed by atoms with Crippen LogP contribution in [0.1, 0.15) is 36.7 Å². The summed E-state index contributed by atoms with van der Waals surface area (Å²) in [5.74, 6) is -0.447. The molecule has 0 radical (unpaired) electrons. The Morgan fingerprint density at radius 1 is 1.17 bits per heavy atom. The number of hydrogen-bond acceptors (Lipinski definition) is 6. The molecule has 6 nitrogen and oxygen atoms in total. The minimum atomic E-state index is -0.605. The molecule has 1 aliphatic rings. The zero-order valence-corrected chi connectivity index (χ0v) is 22.5. The van der Waals surface area contributed by atoms with Crippen molar-refractivity contribution in [1.29, 1.82) is 0 Å². The van der Waals surface area contributed by atoms with Gasteiger partial charge in [-0.05, 0) is 56.9 Å². The Morgan fingerprint density at radius 2 is 1.89 bits per heavy atom. The minimum Gasteiger partial charge on any atom is -0.463 e. The number of fused-ring (bicyclic) bond motifs is 2. The van der Waals surface area contributed by atoms with Crippen molar-refractivity contribution in [3.05, 3.63) is 96.3 Å². The first-order valence-electron chi connectivity index (χ1n) is 11.7. The number of esters is 1. The van der Waals surface area contributed by atoms with Crippen LogP contribution in [0.5, 0.6) is 0 Å². The summed E-state index contributed by atoms with van der Waals surface area (Å²) in [6, 6.07) is 15.5. The van der Waals surface area contributed by atoms with Crippen LogP contribution in [0.3, 0.4) is 0 Å². The number of ether oxygens (including phenoxy) is 1. The molecule has 2 aromatic carbocycles. The number of benzene rings is 2. The maximum atomic E-state index is 13.9. The van der Waals surface area contributed by atoms with Gasteiger partial charge in [0.2, 0.25) is 0 Å². The standard InChI is InChI=1S/C28H27N3O3S2/c1-6-34-27(33)24-16(2)29-28-31(25(24)18-11-13-19(35-5)14-12-18)26(32)23(36-28)15-21-17(3)30(4)22-10-8-7-9-20(21)22/h7-15,25H,6H2,1-5H3/b23-15-/t25-/m1/s1. The summed E-state index contributed by atoms with van der Waals surface area (Å²) >= 11 is 2.99. The van der Waals surface area contributed by atoms with Gasteiger partial charge >= 0.3 is 5.97 Å². The van der Waals surface area contributed by atoms with E-state index in [9.17, 15) is 9.59 Å². The van der Waals surface area contributed by atoms with E-state index in [1.165, 1.54) is 11.3 Å². The number of para-hydroxylation sites is 1. The van der Waals surface area contributed by atoms with Gasteiger partial charge in [0.1, 0.15) is 0 Å². The Hall–Kier alpha value is -3.36. The van der Waals surface area contributed by atoms with Crippen LogP contribution in [0.25, 0.3) is 17.0 Å². The van der Waals surface area contributed by atoms with E-state index in [-0.39, 0.29) is 12.2 Å². The van der Waals surface area contributed by atoms with E-state index in [0.29, 0.717) is 20.6 Å². The molecule has 0 aliphatic carbocycles. The molecule has 0 saturated heterocycles. The number of carbonyl (C=O) groups is 1. The van der Waals surface area contributed by atoms with Crippen molar-refractivity contribution in [3.8, 4) is 0 Å². The summed E-state index contributed by atoms with van der Waals surface area (Å²) in [6.45, 7) is 5.89. The van der Waals surface area contributed by atoms with E-state index < -0.39 is 12.0 Å². The molecule has 0 bridgehead atoms. The summed E-state index contributed by atoms with van der Waals surface area (Å²) in [6.07, 6.45) is 3.97. The van der Waals surface area contributed by atoms with Crippen molar-refractivity contribution in [2.24, 2.45) is 12.0 Å². The highest BCUT2D eigenvalue weighted by Gasteiger charge is 2.33. The van der Waals surface area contributed by atoms with Crippen molar-refractivity contribution >= 4 is 46.0 Å². The summed E-state index contributed by atoms with van der Waals surface area (Å²) in [5, 5.41) is 1.09. The van der Waals surface area contributed by atoms with Gasteiger partial charge in [0, 0.05) is 34.1 Å². The van der Waals surface area contributed by atoms with E-state index in [2.05, 4.69) is 28.6 Å². The van der Waals surface area contributed by atoms with Gasteiger partial charge in [0.05, 0.1) is 28.5 Å². The predicted octanol–water partition coefficient (Wildman–Crippen LogP) is 4.32. The molecule has 4 aromatic rings. The predicted molar refractivity (Wildman–Crippen MR) is 146 cm³/mol. The smallest absolute Gasteiger partial charge is 0.338 e. The third-order valence-corrected chi connectivity index (χ3v) is 8.40. The van der Waals surface area contributed by atoms with Gasteiger partial charge in [0.25, 0.3) is 5.56 Å². The molecule has 0 spiro atoms. The maximum Gasteiger partial charge on any atom is 0.338 e. The number of carbonyl (C=O) groups excluding carboxylic acids is 1.